The van der Waals surface area contributed by atoms with E-state index in [4.69, 9.17) is 27.5 Å². The molecule has 1 aromatic carbocycles. The van der Waals surface area contributed by atoms with Crippen molar-refractivity contribution in [3.63, 3.8) is 0 Å². The molecule has 0 aliphatic rings. The Kier molecular flexibility index (Phi) is 6.57. The number of benzene rings is 1. The van der Waals surface area contributed by atoms with Gasteiger partial charge in [0.15, 0.2) is 0 Å². The van der Waals surface area contributed by atoms with Crippen molar-refractivity contribution < 1.29 is 27.2 Å². The molecule has 1 aromatic rings. The van der Waals surface area contributed by atoms with Crippen molar-refractivity contribution >= 4 is 16.1 Å². The second kappa shape index (κ2) is 7.39. The van der Waals surface area contributed by atoms with Crippen LogP contribution in [0.25, 0.3) is 0 Å². The SMILES string of the molecule is COc1cc(CC#N)cc([N+](=O)[O-])c1C.O=S(=O)(O)O. The largest absolute Gasteiger partial charge is 0.496 e. The molecule has 0 amide bonds. The molecule has 0 unspecified atom stereocenters. The fraction of sp³-hybridized carbons (Fsp3) is 0.300. The second-order valence-electron chi connectivity index (χ2n) is 3.48. The quantitative estimate of drug-likeness (QED) is 0.482. The Hall–Kier alpha value is -2.22. The van der Waals surface area contributed by atoms with Crippen LogP contribution in [0.5, 0.6) is 5.75 Å². The zero-order chi connectivity index (χ0) is 15.9. The molecule has 0 aromatic heterocycles. The fourth-order valence-electron chi connectivity index (χ4n) is 1.32. The van der Waals surface area contributed by atoms with E-state index in [0.717, 1.165) is 0 Å². The van der Waals surface area contributed by atoms with Gasteiger partial charge in [0.2, 0.25) is 0 Å². The van der Waals surface area contributed by atoms with Crippen LogP contribution < -0.4 is 4.74 Å². The van der Waals surface area contributed by atoms with Crippen LogP contribution >= 0.6 is 0 Å². The third-order valence-corrected chi connectivity index (χ3v) is 2.09. The molecule has 110 valence electrons. The summed E-state index contributed by atoms with van der Waals surface area (Å²) in [5.41, 5.74) is 1.05. The maximum Gasteiger partial charge on any atom is 0.394 e. The summed E-state index contributed by atoms with van der Waals surface area (Å²) in [5, 5.41) is 19.2. The molecule has 0 saturated carbocycles. The summed E-state index contributed by atoms with van der Waals surface area (Å²) in [7, 11) is -3.22. The number of nitriles is 1. The molecule has 0 atom stereocenters. The lowest BCUT2D eigenvalue weighted by Crippen LogP contribution is -1.97. The fourth-order valence-corrected chi connectivity index (χ4v) is 1.32. The van der Waals surface area contributed by atoms with Crippen LogP contribution in [0.15, 0.2) is 12.1 Å². The lowest BCUT2D eigenvalue weighted by Gasteiger charge is -2.06. The van der Waals surface area contributed by atoms with Crippen molar-refractivity contribution in [2.45, 2.75) is 13.3 Å². The maximum absolute atomic E-state index is 10.7. The molecule has 2 N–H and O–H groups in total. The highest BCUT2D eigenvalue weighted by Crippen LogP contribution is 2.29. The van der Waals surface area contributed by atoms with E-state index in [9.17, 15) is 10.1 Å². The minimum absolute atomic E-state index is 0.0143. The maximum atomic E-state index is 10.7. The highest BCUT2D eigenvalue weighted by Gasteiger charge is 2.16. The van der Waals surface area contributed by atoms with Gasteiger partial charge in [-0.1, -0.05) is 0 Å². The van der Waals surface area contributed by atoms with E-state index in [1.807, 2.05) is 6.07 Å². The summed E-state index contributed by atoms with van der Waals surface area (Å²) in [4.78, 5) is 10.2. The lowest BCUT2D eigenvalue weighted by atomic mass is 10.1. The normalized spacial score (nSPS) is 9.95. The average Bonchev–Trinajstić information content (AvgIpc) is 2.29. The van der Waals surface area contributed by atoms with Crippen LogP contribution in [-0.4, -0.2) is 29.6 Å². The first-order chi connectivity index (χ1) is 9.10. The van der Waals surface area contributed by atoms with E-state index >= 15 is 0 Å². The van der Waals surface area contributed by atoms with Crippen LogP contribution in [0, 0.1) is 28.4 Å². The van der Waals surface area contributed by atoms with Crippen molar-refractivity contribution in [3.8, 4) is 11.8 Å². The van der Waals surface area contributed by atoms with E-state index in [1.54, 1.807) is 13.0 Å². The van der Waals surface area contributed by atoms with Gasteiger partial charge in [0, 0.05) is 6.07 Å². The Morgan fingerprint density at radius 3 is 2.30 bits per heavy atom. The van der Waals surface area contributed by atoms with Gasteiger partial charge < -0.3 is 4.74 Å². The number of rotatable bonds is 3. The van der Waals surface area contributed by atoms with Gasteiger partial charge in [0.1, 0.15) is 5.75 Å². The predicted octanol–water partition coefficient (Wildman–Crippen LogP) is 1.33. The van der Waals surface area contributed by atoms with Gasteiger partial charge in [-0.15, -0.1) is 0 Å². The number of nitro benzene ring substituents is 1. The standard InChI is InChI=1S/C10H10N2O3.H2O4S/c1-7-9(12(13)14)5-8(3-4-11)6-10(7)15-2;1-5(2,3)4/h5-6H,3H2,1-2H3;(H2,1,2,3,4). The third kappa shape index (κ3) is 6.64. The minimum Gasteiger partial charge on any atom is -0.496 e. The summed E-state index contributed by atoms with van der Waals surface area (Å²) in [6.07, 6.45) is 0.136. The summed E-state index contributed by atoms with van der Waals surface area (Å²) < 4.78 is 36.6. The van der Waals surface area contributed by atoms with E-state index in [-0.39, 0.29) is 12.1 Å². The van der Waals surface area contributed by atoms with Gasteiger partial charge in [-0.3, -0.25) is 19.2 Å². The van der Waals surface area contributed by atoms with Gasteiger partial charge in [-0.2, -0.15) is 13.7 Å². The van der Waals surface area contributed by atoms with Crippen LogP contribution in [0.3, 0.4) is 0 Å². The lowest BCUT2D eigenvalue weighted by molar-refractivity contribution is -0.385. The van der Waals surface area contributed by atoms with Crippen molar-refractivity contribution in [3.05, 3.63) is 33.4 Å². The van der Waals surface area contributed by atoms with Crippen molar-refractivity contribution in [2.75, 3.05) is 7.11 Å². The summed E-state index contributed by atoms with van der Waals surface area (Å²) in [6.45, 7) is 1.62. The molecule has 9 nitrogen and oxygen atoms in total. The van der Waals surface area contributed by atoms with E-state index in [2.05, 4.69) is 0 Å². The molecule has 0 spiro atoms. The number of methoxy groups -OCH3 is 1. The Bertz CT molecular complexity index is 626. The second-order valence-corrected chi connectivity index (χ2v) is 4.38. The first-order valence-corrected chi connectivity index (χ1v) is 6.38. The Balaban J connectivity index is 0.000000621. The zero-order valence-corrected chi connectivity index (χ0v) is 11.4. The molecule has 20 heavy (non-hydrogen) atoms. The highest BCUT2D eigenvalue weighted by atomic mass is 32.3. The van der Waals surface area contributed by atoms with Crippen LogP contribution in [0.2, 0.25) is 0 Å². The average molecular weight is 304 g/mol. The van der Waals surface area contributed by atoms with Gasteiger partial charge in [-0.25, -0.2) is 0 Å². The van der Waals surface area contributed by atoms with Gasteiger partial charge in [0.05, 0.1) is 30.1 Å². The molecule has 0 saturated heterocycles. The third-order valence-electron chi connectivity index (χ3n) is 2.09. The van der Waals surface area contributed by atoms with Crippen molar-refractivity contribution in [2.24, 2.45) is 0 Å². The van der Waals surface area contributed by atoms with Gasteiger partial charge in [0.25, 0.3) is 5.69 Å². The van der Waals surface area contributed by atoms with Crippen LogP contribution in [0.4, 0.5) is 5.69 Å². The molecular formula is C10H12N2O7S. The van der Waals surface area contributed by atoms with Gasteiger partial charge >= 0.3 is 10.4 Å². The number of nitro groups is 1. The number of hydrogen-bond acceptors (Lipinski definition) is 6. The van der Waals surface area contributed by atoms with Gasteiger partial charge in [-0.05, 0) is 18.6 Å². The molecule has 0 bridgehead atoms. The minimum atomic E-state index is -4.67. The summed E-state index contributed by atoms with van der Waals surface area (Å²) >= 11 is 0. The highest BCUT2D eigenvalue weighted by molar-refractivity contribution is 7.79. The number of nitrogens with zero attached hydrogens (tertiary/aromatic N) is 2. The van der Waals surface area contributed by atoms with Crippen LogP contribution in [-0.2, 0) is 16.8 Å². The van der Waals surface area contributed by atoms with Crippen molar-refractivity contribution in [1.29, 1.82) is 5.26 Å². The first-order valence-electron chi connectivity index (χ1n) is 4.99. The molecule has 0 radical (unpaired) electrons. The van der Waals surface area contributed by atoms with Crippen LogP contribution in [0.1, 0.15) is 11.1 Å². The number of hydrogen-bond donors (Lipinski definition) is 2. The topological polar surface area (TPSA) is 151 Å². The number of ether oxygens (including phenoxy) is 1. The molecule has 0 fully saturated rings. The Morgan fingerprint density at radius 1 is 1.45 bits per heavy atom. The Morgan fingerprint density at radius 2 is 1.95 bits per heavy atom. The monoisotopic (exact) mass is 304 g/mol. The molecular weight excluding hydrogens is 292 g/mol. The van der Waals surface area contributed by atoms with E-state index < -0.39 is 15.3 Å². The molecule has 0 heterocycles. The molecule has 0 aliphatic heterocycles. The van der Waals surface area contributed by atoms with E-state index in [1.165, 1.54) is 13.2 Å². The molecule has 10 heteroatoms. The molecule has 1 rings (SSSR count). The van der Waals surface area contributed by atoms with E-state index in [0.29, 0.717) is 16.9 Å². The predicted molar refractivity (Wildman–Crippen MR) is 67.9 cm³/mol. The molecule has 0 aliphatic carbocycles. The summed E-state index contributed by atoms with van der Waals surface area (Å²) in [6, 6.07) is 4.99. The summed E-state index contributed by atoms with van der Waals surface area (Å²) in [5.74, 6) is 0.439. The Labute approximate surface area is 115 Å². The van der Waals surface area contributed by atoms with Crippen molar-refractivity contribution in [1.82, 2.24) is 0 Å². The zero-order valence-electron chi connectivity index (χ0n) is 10.6. The first kappa shape index (κ1) is 17.8. The smallest absolute Gasteiger partial charge is 0.394 e.